The minimum absolute atomic E-state index is 0.0752. The highest BCUT2D eigenvalue weighted by atomic mass is 31.2. The van der Waals surface area contributed by atoms with Gasteiger partial charge < -0.3 is 33.8 Å². The molecule has 0 aliphatic carbocycles. The standard InChI is InChI=1S/C81H142O17P2/c1-5-9-13-17-21-25-29-33-35-36-37-38-40-44-46-50-54-58-62-66-79(84)92-72-77(98-81(86)68-64-60-56-52-48-42-32-28-24-20-16-12-8-4)74-96-100(89,90)94-70-75(82)69-93-99(87,88)95-73-76(97-80(85)67-63-59-55-51-47-41-31-27-23-19-15-11-7-3)71-91-78(83)65-61-57-53-49-45-43-39-34-30-26-22-18-14-10-6-2/h9,13,16,20-22,25-26,28,32-35,37-39,75-77,82H,5-8,10-12,14-15,17-19,23-24,27,29-31,36,40-74H2,1-4H3,(H,87,88)(H,89,90)/b13-9-,20-16-,25-21-,26-22-,32-28-,35-33-,38-37-,39-34-. The van der Waals surface area contributed by atoms with E-state index in [-0.39, 0.29) is 25.7 Å². The van der Waals surface area contributed by atoms with Gasteiger partial charge in [0.15, 0.2) is 12.2 Å². The lowest BCUT2D eigenvalue weighted by atomic mass is 10.0. The average molecular weight is 1450 g/mol. The molecule has 0 rings (SSSR count). The Bertz CT molecular complexity index is 2270. The second-order valence-corrected chi connectivity index (χ2v) is 29.2. The van der Waals surface area contributed by atoms with Crippen LogP contribution in [-0.4, -0.2) is 96.7 Å². The Morgan fingerprint density at radius 3 is 0.860 bits per heavy atom. The van der Waals surface area contributed by atoms with E-state index < -0.39 is 97.5 Å². The van der Waals surface area contributed by atoms with Crippen LogP contribution in [0.1, 0.15) is 336 Å². The van der Waals surface area contributed by atoms with Gasteiger partial charge >= 0.3 is 39.5 Å². The predicted octanol–water partition coefficient (Wildman–Crippen LogP) is 22.8. The smallest absolute Gasteiger partial charge is 0.462 e. The van der Waals surface area contributed by atoms with Gasteiger partial charge in [-0.15, -0.1) is 0 Å². The highest BCUT2D eigenvalue weighted by molar-refractivity contribution is 7.47. The van der Waals surface area contributed by atoms with Crippen LogP contribution in [-0.2, 0) is 65.4 Å². The SMILES string of the molecule is CC/C=C\C/C=C\C/C=C\C/C=C\CCCCCCCCC(=O)OCC(COP(=O)(O)OCC(O)COP(=O)(O)OCC(COC(=O)CCCCCCC/C=C\C/C=C\CCCCC)OC(=O)CCCCCCCCCCCCCCC)OC(=O)CCCCCCC/C=C\C/C=C\CCC. The van der Waals surface area contributed by atoms with Crippen molar-refractivity contribution in [2.75, 3.05) is 39.6 Å². The minimum atomic E-state index is -4.98. The van der Waals surface area contributed by atoms with Crippen molar-refractivity contribution in [2.24, 2.45) is 0 Å². The number of phosphoric ester groups is 2. The van der Waals surface area contributed by atoms with Crippen LogP contribution in [0.4, 0.5) is 0 Å². The summed E-state index contributed by atoms with van der Waals surface area (Å²) < 4.78 is 68.5. The number of allylic oxidation sites excluding steroid dienone is 16. The lowest BCUT2D eigenvalue weighted by molar-refractivity contribution is -0.161. The molecule has 0 radical (unpaired) electrons. The molecule has 0 aliphatic heterocycles. The Labute approximate surface area is 607 Å². The molecule has 0 fully saturated rings. The molecular weight excluding hydrogens is 1310 g/mol. The predicted molar refractivity (Wildman–Crippen MR) is 409 cm³/mol. The number of rotatable bonds is 74. The maximum absolute atomic E-state index is 13.1. The number of phosphoric acid groups is 2. The van der Waals surface area contributed by atoms with Crippen LogP contribution >= 0.6 is 15.6 Å². The number of esters is 4. The molecule has 0 saturated carbocycles. The Kier molecular flexibility index (Phi) is 70.4. The molecule has 0 saturated heterocycles. The Balaban J connectivity index is 5.34. The molecular formula is C81H142O17P2. The van der Waals surface area contributed by atoms with Crippen molar-refractivity contribution in [2.45, 2.75) is 354 Å². The van der Waals surface area contributed by atoms with Gasteiger partial charge in [0.05, 0.1) is 26.4 Å². The van der Waals surface area contributed by atoms with Gasteiger partial charge in [-0.25, -0.2) is 9.13 Å². The Morgan fingerprint density at radius 1 is 0.290 bits per heavy atom. The molecule has 17 nitrogen and oxygen atoms in total. The summed E-state index contributed by atoms with van der Waals surface area (Å²) in [7, 11) is -9.96. The normalized spacial score (nSPS) is 14.4. The molecule has 19 heteroatoms. The van der Waals surface area contributed by atoms with E-state index in [1.54, 1.807) is 0 Å². The van der Waals surface area contributed by atoms with Gasteiger partial charge in [-0.1, -0.05) is 285 Å². The quantitative estimate of drug-likeness (QED) is 0.0169. The summed E-state index contributed by atoms with van der Waals surface area (Å²) in [6.07, 6.45) is 76.7. The summed E-state index contributed by atoms with van der Waals surface area (Å²) in [4.78, 5) is 72.9. The van der Waals surface area contributed by atoms with Crippen LogP contribution in [0.2, 0.25) is 0 Å². The zero-order valence-corrected chi connectivity index (χ0v) is 64.9. The monoisotopic (exact) mass is 1450 g/mol. The van der Waals surface area contributed by atoms with Crippen molar-refractivity contribution in [1.82, 2.24) is 0 Å². The highest BCUT2D eigenvalue weighted by Gasteiger charge is 2.30. The summed E-state index contributed by atoms with van der Waals surface area (Å²) in [6.45, 7) is 4.66. The molecule has 0 aromatic rings. The van der Waals surface area contributed by atoms with Crippen molar-refractivity contribution in [3.8, 4) is 0 Å². The maximum Gasteiger partial charge on any atom is 0.472 e. The molecule has 0 spiro atoms. The first kappa shape index (κ1) is 96.0. The third-order valence-corrected chi connectivity index (χ3v) is 18.4. The number of carbonyl (C=O) groups excluding carboxylic acids is 4. The Morgan fingerprint density at radius 2 is 0.540 bits per heavy atom. The fourth-order valence-electron chi connectivity index (χ4n) is 10.5. The zero-order valence-electron chi connectivity index (χ0n) is 63.1. The van der Waals surface area contributed by atoms with Gasteiger partial charge in [-0.05, 0) is 122 Å². The van der Waals surface area contributed by atoms with E-state index in [0.717, 1.165) is 186 Å². The van der Waals surface area contributed by atoms with Crippen LogP contribution in [0.15, 0.2) is 97.2 Å². The molecule has 0 amide bonds. The van der Waals surface area contributed by atoms with Crippen LogP contribution in [0.3, 0.4) is 0 Å². The fourth-order valence-corrected chi connectivity index (χ4v) is 12.1. The summed E-state index contributed by atoms with van der Waals surface area (Å²) >= 11 is 0. The van der Waals surface area contributed by atoms with E-state index in [0.29, 0.717) is 25.7 Å². The molecule has 578 valence electrons. The van der Waals surface area contributed by atoms with Gasteiger partial charge in [0, 0.05) is 25.7 Å². The molecule has 0 aromatic heterocycles. The fraction of sp³-hybridized carbons (Fsp3) is 0.753. The lowest BCUT2D eigenvalue weighted by Gasteiger charge is -2.21. The number of hydrogen-bond acceptors (Lipinski definition) is 15. The molecule has 5 unspecified atom stereocenters. The van der Waals surface area contributed by atoms with E-state index in [1.807, 2.05) is 0 Å². The summed E-state index contributed by atoms with van der Waals surface area (Å²) in [5.74, 6) is -2.20. The van der Waals surface area contributed by atoms with Crippen LogP contribution < -0.4 is 0 Å². The van der Waals surface area contributed by atoms with Gasteiger partial charge in [0.25, 0.3) is 0 Å². The second kappa shape index (κ2) is 73.3. The van der Waals surface area contributed by atoms with Crippen molar-refractivity contribution in [1.29, 1.82) is 0 Å². The minimum Gasteiger partial charge on any atom is -0.462 e. The topological polar surface area (TPSA) is 237 Å². The first-order valence-electron chi connectivity index (χ1n) is 39.5. The number of aliphatic hydroxyl groups excluding tert-OH is 1. The van der Waals surface area contributed by atoms with E-state index in [9.17, 15) is 43.2 Å². The Hall–Kier alpha value is -4.02. The third kappa shape index (κ3) is 72.3. The number of carbonyl (C=O) groups is 4. The highest BCUT2D eigenvalue weighted by Crippen LogP contribution is 2.45. The van der Waals surface area contributed by atoms with Crippen LogP contribution in [0.25, 0.3) is 0 Å². The van der Waals surface area contributed by atoms with Crippen LogP contribution in [0.5, 0.6) is 0 Å². The molecule has 3 N–H and O–H groups in total. The summed E-state index contributed by atoms with van der Waals surface area (Å²) in [5, 5.41) is 10.6. The van der Waals surface area contributed by atoms with E-state index in [2.05, 4.69) is 125 Å². The molecule has 0 heterocycles. The molecule has 0 aliphatic rings. The summed E-state index contributed by atoms with van der Waals surface area (Å²) in [5.41, 5.74) is 0. The second-order valence-electron chi connectivity index (χ2n) is 26.3. The molecule has 0 bridgehead atoms. The maximum atomic E-state index is 13.1. The molecule has 100 heavy (non-hydrogen) atoms. The van der Waals surface area contributed by atoms with E-state index >= 15 is 0 Å². The first-order chi connectivity index (χ1) is 48.7. The van der Waals surface area contributed by atoms with Gasteiger partial charge in [-0.2, -0.15) is 0 Å². The summed E-state index contributed by atoms with van der Waals surface area (Å²) in [6, 6.07) is 0. The number of unbranched alkanes of at least 4 members (excludes halogenated alkanes) is 32. The van der Waals surface area contributed by atoms with Crippen molar-refractivity contribution in [3.05, 3.63) is 97.2 Å². The van der Waals surface area contributed by atoms with E-state index in [1.165, 1.54) is 70.6 Å². The average Bonchev–Trinajstić information content (AvgIpc) is 0.935. The number of aliphatic hydroxyl groups is 1. The van der Waals surface area contributed by atoms with Crippen molar-refractivity contribution < 1.29 is 80.2 Å². The zero-order chi connectivity index (χ0) is 73.2. The largest absolute Gasteiger partial charge is 0.472 e. The van der Waals surface area contributed by atoms with E-state index in [4.69, 9.17) is 37.0 Å². The third-order valence-electron chi connectivity index (χ3n) is 16.5. The van der Waals surface area contributed by atoms with Gasteiger partial charge in [0.1, 0.15) is 19.3 Å². The van der Waals surface area contributed by atoms with Crippen molar-refractivity contribution >= 4 is 39.5 Å². The van der Waals surface area contributed by atoms with Gasteiger partial charge in [-0.3, -0.25) is 37.3 Å². The molecule has 0 aromatic carbocycles. The lowest BCUT2D eigenvalue weighted by Crippen LogP contribution is -2.30. The number of hydrogen-bond donors (Lipinski definition) is 3. The van der Waals surface area contributed by atoms with Crippen molar-refractivity contribution in [3.63, 3.8) is 0 Å². The van der Waals surface area contributed by atoms with Crippen LogP contribution in [0, 0.1) is 0 Å². The molecule has 5 atom stereocenters. The first-order valence-corrected chi connectivity index (χ1v) is 42.5. The van der Waals surface area contributed by atoms with Gasteiger partial charge in [0.2, 0.25) is 0 Å². The number of ether oxygens (including phenoxy) is 4.